The molecule has 9 heteroatoms. The molecule has 2 aliphatic carbocycles. The second-order valence-corrected chi connectivity index (χ2v) is 12.0. The number of halogens is 2. The predicted octanol–water partition coefficient (Wildman–Crippen LogP) is 4.98. The Labute approximate surface area is 223 Å². The lowest BCUT2D eigenvalue weighted by Gasteiger charge is -2.29. The van der Waals surface area contributed by atoms with E-state index in [1.54, 1.807) is 26.8 Å². The minimum Gasteiger partial charge on any atom is -0.460 e. The highest BCUT2D eigenvalue weighted by Crippen LogP contribution is 2.36. The first-order valence-corrected chi connectivity index (χ1v) is 13.7. The molecule has 1 aliphatic heterocycles. The zero-order valence-electron chi connectivity index (χ0n) is 22.6. The summed E-state index contributed by atoms with van der Waals surface area (Å²) in [5.41, 5.74) is 8.07. The van der Waals surface area contributed by atoms with Crippen molar-refractivity contribution in [1.82, 2.24) is 4.90 Å². The first-order chi connectivity index (χ1) is 17.8. The van der Waals surface area contributed by atoms with Crippen LogP contribution in [0.5, 0.6) is 0 Å². The van der Waals surface area contributed by atoms with Gasteiger partial charge in [-0.25, -0.2) is 8.78 Å². The van der Waals surface area contributed by atoms with Gasteiger partial charge < -0.3 is 15.4 Å². The highest BCUT2D eigenvalue weighted by atomic mass is 19.3. The molecule has 4 rings (SSSR count). The number of nitrogens with zero attached hydrogens (tertiary/aromatic N) is 2. The summed E-state index contributed by atoms with van der Waals surface area (Å²) in [6.07, 6.45) is 4.94. The second-order valence-electron chi connectivity index (χ2n) is 12.0. The standard InChI is InChI=1S/C29H39F2N3O4/c1-28(2,3)38-25(35)11-10-24(26(32)36)34-17-20-15-18(8-9-22(20)27(34)37)14-19-6-4-5-7-23(19)33-21-12-13-29(30,31)16-21/h8-9,15,19,23-24H,4-7,10-14,16-17H2,1-3H3,(H2,32,36)/t19-,23-,24?/m1/s1. The fourth-order valence-electron chi connectivity index (χ4n) is 5.92. The Balaban J connectivity index is 1.43. The molecule has 208 valence electrons. The van der Waals surface area contributed by atoms with E-state index in [0.717, 1.165) is 43.2 Å². The minimum absolute atomic E-state index is 0.0201. The Hall–Kier alpha value is -2.84. The van der Waals surface area contributed by atoms with E-state index in [0.29, 0.717) is 17.7 Å². The van der Waals surface area contributed by atoms with Crippen LogP contribution in [0.2, 0.25) is 0 Å². The maximum atomic E-state index is 13.7. The van der Waals surface area contributed by atoms with E-state index < -0.39 is 29.4 Å². The Morgan fingerprint density at radius 1 is 1.24 bits per heavy atom. The van der Waals surface area contributed by atoms with Crippen LogP contribution in [0.25, 0.3) is 0 Å². The molecule has 2 fully saturated rings. The number of ether oxygens (including phenoxy) is 1. The molecule has 1 unspecified atom stereocenters. The van der Waals surface area contributed by atoms with Crippen LogP contribution in [0.15, 0.2) is 23.2 Å². The lowest BCUT2D eigenvalue weighted by atomic mass is 9.80. The fourth-order valence-corrected chi connectivity index (χ4v) is 5.92. The molecule has 0 aromatic heterocycles. The summed E-state index contributed by atoms with van der Waals surface area (Å²) in [7, 11) is 0. The number of hydrogen-bond acceptors (Lipinski definition) is 5. The first-order valence-electron chi connectivity index (χ1n) is 13.7. The van der Waals surface area contributed by atoms with Crippen molar-refractivity contribution in [3.05, 3.63) is 34.9 Å². The maximum absolute atomic E-state index is 13.7. The SMILES string of the molecule is CC(C)(C)OC(=O)CCC(C(N)=O)N1Cc2cc(C[C@H]3CCCC[C@H]3N=C3CCC(F)(F)C3)ccc2C1=O. The highest BCUT2D eigenvalue weighted by molar-refractivity contribution is 6.01. The van der Waals surface area contributed by atoms with E-state index in [-0.39, 0.29) is 50.1 Å². The van der Waals surface area contributed by atoms with Crippen LogP contribution in [-0.4, -0.2) is 52.0 Å². The molecule has 0 bridgehead atoms. The lowest BCUT2D eigenvalue weighted by molar-refractivity contribution is -0.155. The van der Waals surface area contributed by atoms with Crippen LogP contribution in [-0.2, 0) is 27.3 Å². The van der Waals surface area contributed by atoms with Crippen molar-refractivity contribution in [3.63, 3.8) is 0 Å². The third-order valence-corrected chi connectivity index (χ3v) is 7.71. The van der Waals surface area contributed by atoms with Crippen molar-refractivity contribution in [1.29, 1.82) is 0 Å². The van der Waals surface area contributed by atoms with Gasteiger partial charge in [-0.15, -0.1) is 0 Å². The molecule has 2 amide bonds. The number of rotatable bonds is 8. The number of carbonyl (C=O) groups is 3. The number of primary amides is 1. The van der Waals surface area contributed by atoms with Gasteiger partial charge in [0.15, 0.2) is 0 Å². The summed E-state index contributed by atoms with van der Waals surface area (Å²) < 4.78 is 32.7. The molecular formula is C29H39F2N3O4. The fraction of sp³-hybridized carbons (Fsp3) is 0.655. The van der Waals surface area contributed by atoms with Gasteiger partial charge in [-0.2, -0.15) is 0 Å². The molecule has 2 N–H and O–H groups in total. The number of hydrogen-bond donors (Lipinski definition) is 1. The van der Waals surface area contributed by atoms with Gasteiger partial charge in [0.05, 0.1) is 6.04 Å². The Bertz CT molecular complexity index is 1110. The van der Waals surface area contributed by atoms with Crippen molar-refractivity contribution in [3.8, 4) is 0 Å². The summed E-state index contributed by atoms with van der Waals surface area (Å²) in [5.74, 6) is -3.73. The van der Waals surface area contributed by atoms with Gasteiger partial charge >= 0.3 is 5.97 Å². The van der Waals surface area contributed by atoms with Crippen LogP contribution in [0, 0.1) is 5.92 Å². The highest BCUT2D eigenvalue weighted by Gasteiger charge is 2.39. The van der Waals surface area contributed by atoms with Crippen LogP contribution >= 0.6 is 0 Å². The van der Waals surface area contributed by atoms with Gasteiger partial charge in [-0.3, -0.25) is 19.4 Å². The molecule has 1 aromatic rings. The molecule has 1 heterocycles. The molecule has 0 radical (unpaired) electrons. The summed E-state index contributed by atoms with van der Waals surface area (Å²) in [6.45, 7) is 5.55. The lowest BCUT2D eigenvalue weighted by Crippen LogP contribution is -2.45. The monoisotopic (exact) mass is 531 g/mol. The Morgan fingerprint density at radius 3 is 2.63 bits per heavy atom. The number of nitrogens with two attached hydrogens (primary N) is 1. The summed E-state index contributed by atoms with van der Waals surface area (Å²) in [5, 5.41) is 0. The molecule has 3 atom stereocenters. The number of benzene rings is 1. The zero-order chi connectivity index (χ0) is 27.7. The van der Waals surface area contributed by atoms with E-state index in [2.05, 4.69) is 0 Å². The van der Waals surface area contributed by atoms with E-state index in [4.69, 9.17) is 15.5 Å². The van der Waals surface area contributed by atoms with Crippen molar-refractivity contribution in [2.24, 2.45) is 16.6 Å². The van der Waals surface area contributed by atoms with Gasteiger partial charge in [-0.05, 0) is 76.0 Å². The second kappa shape index (κ2) is 11.1. The molecule has 1 aromatic carbocycles. The largest absolute Gasteiger partial charge is 0.460 e. The van der Waals surface area contributed by atoms with E-state index in [9.17, 15) is 23.2 Å². The van der Waals surface area contributed by atoms with E-state index in [1.165, 1.54) is 4.90 Å². The quantitative estimate of drug-likeness (QED) is 0.478. The van der Waals surface area contributed by atoms with Crippen molar-refractivity contribution in [2.45, 2.75) is 115 Å². The summed E-state index contributed by atoms with van der Waals surface area (Å²) >= 11 is 0. The van der Waals surface area contributed by atoms with Gasteiger partial charge in [0.1, 0.15) is 11.6 Å². The molecule has 3 aliphatic rings. The van der Waals surface area contributed by atoms with Gasteiger partial charge in [-0.1, -0.05) is 25.0 Å². The van der Waals surface area contributed by atoms with Crippen LogP contribution < -0.4 is 5.73 Å². The van der Waals surface area contributed by atoms with Crippen molar-refractivity contribution < 1.29 is 27.9 Å². The topological polar surface area (TPSA) is 102 Å². The molecule has 0 saturated heterocycles. The van der Waals surface area contributed by atoms with Gasteiger partial charge in [0.25, 0.3) is 11.8 Å². The average Bonchev–Trinajstić information content (AvgIpc) is 3.32. The molecule has 38 heavy (non-hydrogen) atoms. The normalized spacial score (nSPS) is 24.9. The zero-order valence-corrected chi connectivity index (χ0v) is 22.6. The number of fused-ring (bicyclic) bond motifs is 1. The van der Waals surface area contributed by atoms with Crippen molar-refractivity contribution >= 4 is 23.5 Å². The summed E-state index contributed by atoms with van der Waals surface area (Å²) in [4.78, 5) is 43.8. The van der Waals surface area contributed by atoms with Crippen LogP contribution in [0.3, 0.4) is 0 Å². The predicted molar refractivity (Wildman–Crippen MR) is 140 cm³/mol. The maximum Gasteiger partial charge on any atom is 0.306 e. The third kappa shape index (κ3) is 6.97. The third-order valence-electron chi connectivity index (χ3n) is 7.71. The first kappa shape index (κ1) is 28.2. The number of esters is 1. The molecule has 2 saturated carbocycles. The number of alkyl halides is 2. The number of amides is 2. The Kier molecular flexibility index (Phi) is 8.23. The Morgan fingerprint density at radius 2 is 1.97 bits per heavy atom. The minimum atomic E-state index is -2.63. The number of aliphatic imine (C=N–C) groups is 1. The molecular weight excluding hydrogens is 492 g/mol. The number of carbonyl (C=O) groups excluding carboxylic acids is 3. The average molecular weight is 532 g/mol. The van der Waals surface area contributed by atoms with Crippen molar-refractivity contribution in [2.75, 3.05) is 0 Å². The van der Waals surface area contributed by atoms with E-state index in [1.807, 2.05) is 12.1 Å². The van der Waals surface area contributed by atoms with Crippen LogP contribution in [0.1, 0.15) is 100 Å². The van der Waals surface area contributed by atoms with Gasteiger partial charge in [0.2, 0.25) is 5.91 Å². The summed E-state index contributed by atoms with van der Waals surface area (Å²) in [6, 6.07) is 4.87. The molecule has 7 nitrogen and oxygen atoms in total. The van der Waals surface area contributed by atoms with E-state index >= 15 is 0 Å². The molecule has 0 spiro atoms. The smallest absolute Gasteiger partial charge is 0.306 e. The van der Waals surface area contributed by atoms with Crippen LogP contribution in [0.4, 0.5) is 8.78 Å². The van der Waals surface area contributed by atoms with Gasteiger partial charge in [0, 0.05) is 37.1 Å².